The molecule has 1 aromatic carbocycles. The predicted octanol–water partition coefficient (Wildman–Crippen LogP) is 4.69. The largest absolute Gasteiger partial charge is 0.496 e. The first-order chi connectivity index (χ1) is 11.5. The van der Waals surface area contributed by atoms with Gasteiger partial charge < -0.3 is 9.47 Å². The summed E-state index contributed by atoms with van der Waals surface area (Å²) in [6.45, 7) is 7.15. The smallest absolute Gasteiger partial charge is 0.434 e. The maximum absolute atomic E-state index is 13.5. The molecule has 4 nitrogen and oxygen atoms in total. The molecule has 142 valence electrons. The highest BCUT2D eigenvalue weighted by atomic mass is 32.2. The van der Waals surface area contributed by atoms with E-state index in [2.05, 4.69) is 4.40 Å². The second kappa shape index (κ2) is 8.69. The van der Waals surface area contributed by atoms with E-state index in [9.17, 15) is 17.4 Å². The summed E-state index contributed by atoms with van der Waals surface area (Å²) in [5.74, 6) is 0.378. The summed E-state index contributed by atoms with van der Waals surface area (Å²) in [7, 11) is -0.788. The van der Waals surface area contributed by atoms with E-state index in [0.717, 1.165) is 12.8 Å². The molecule has 0 saturated carbocycles. The van der Waals surface area contributed by atoms with Gasteiger partial charge in [-0.3, -0.25) is 0 Å². The summed E-state index contributed by atoms with van der Waals surface area (Å²) < 4.78 is 65.6. The molecule has 0 unspecified atom stereocenters. The minimum Gasteiger partial charge on any atom is -0.496 e. The van der Waals surface area contributed by atoms with Gasteiger partial charge in [0.2, 0.25) is 0 Å². The molecule has 0 saturated heterocycles. The first-order valence-electron chi connectivity index (χ1n) is 7.89. The zero-order chi connectivity index (χ0) is 19.3. The van der Waals surface area contributed by atoms with Gasteiger partial charge in [0.05, 0.1) is 18.5 Å². The lowest BCUT2D eigenvalue weighted by Gasteiger charge is -2.18. The second-order valence-corrected chi connectivity index (χ2v) is 8.27. The van der Waals surface area contributed by atoms with Crippen LogP contribution in [0.5, 0.6) is 11.5 Å². The van der Waals surface area contributed by atoms with Gasteiger partial charge in [0, 0.05) is 11.6 Å². The maximum Gasteiger partial charge on any atom is 0.434 e. The maximum atomic E-state index is 13.5. The molecule has 1 aromatic rings. The normalized spacial score (nSPS) is 14.3. The van der Waals surface area contributed by atoms with Gasteiger partial charge in [0.25, 0.3) is 0 Å². The number of methoxy groups -OCH3 is 1. The van der Waals surface area contributed by atoms with E-state index < -0.39 is 27.6 Å². The third-order valence-corrected chi connectivity index (χ3v) is 4.56. The summed E-state index contributed by atoms with van der Waals surface area (Å²) in [6.07, 6.45) is -2.98. The van der Waals surface area contributed by atoms with Crippen LogP contribution < -0.4 is 9.47 Å². The minimum absolute atomic E-state index is 0.0315. The Balaban J connectivity index is 3.31. The van der Waals surface area contributed by atoms with Crippen LogP contribution in [0, 0.1) is 0 Å². The topological polar surface area (TPSA) is 47.9 Å². The van der Waals surface area contributed by atoms with Crippen molar-refractivity contribution < 1.29 is 26.9 Å². The van der Waals surface area contributed by atoms with Gasteiger partial charge in [-0.1, -0.05) is 13.3 Å². The van der Waals surface area contributed by atoms with E-state index in [4.69, 9.17) is 9.47 Å². The van der Waals surface area contributed by atoms with E-state index in [-0.39, 0.29) is 11.3 Å². The first-order valence-corrected chi connectivity index (χ1v) is 9.00. The molecular weight excluding hydrogens is 355 g/mol. The lowest BCUT2D eigenvalue weighted by molar-refractivity contribution is -0.0579. The van der Waals surface area contributed by atoms with Crippen molar-refractivity contribution in [1.82, 2.24) is 0 Å². The minimum atomic E-state index is -4.77. The molecule has 0 amide bonds. The van der Waals surface area contributed by atoms with E-state index in [1.54, 1.807) is 20.8 Å². The average molecular weight is 379 g/mol. The third-order valence-electron chi connectivity index (χ3n) is 3.16. The zero-order valence-electron chi connectivity index (χ0n) is 15.1. The Morgan fingerprint density at radius 1 is 1.24 bits per heavy atom. The van der Waals surface area contributed by atoms with Crippen LogP contribution in [-0.2, 0) is 11.0 Å². The number of halogens is 3. The molecule has 0 aromatic heterocycles. The fraction of sp³-hybridized carbons (Fsp3) is 0.588. The zero-order valence-corrected chi connectivity index (χ0v) is 15.9. The molecule has 0 N–H and O–H groups in total. The van der Waals surface area contributed by atoms with Crippen molar-refractivity contribution in [2.75, 3.05) is 13.7 Å². The third kappa shape index (κ3) is 6.34. The van der Waals surface area contributed by atoms with Crippen molar-refractivity contribution in [2.45, 2.75) is 51.5 Å². The number of rotatable bonds is 7. The van der Waals surface area contributed by atoms with Crippen molar-refractivity contribution >= 4 is 16.7 Å². The summed E-state index contributed by atoms with van der Waals surface area (Å²) in [5.41, 5.74) is -1.49. The monoisotopic (exact) mass is 379 g/mol. The van der Waals surface area contributed by atoms with Crippen LogP contribution in [-0.4, -0.2) is 34.6 Å². The quantitative estimate of drug-likeness (QED) is 0.510. The number of unbranched alkanes of at least 4 members (excludes halogenated alkanes) is 1. The number of benzene rings is 1. The van der Waals surface area contributed by atoms with Crippen LogP contribution in [0.1, 0.15) is 46.1 Å². The van der Waals surface area contributed by atoms with Gasteiger partial charge in [0.1, 0.15) is 22.5 Å². The molecule has 0 aliphatic carbocycles. The summed E-state index contributed by atoms with van der Waals surface area (Å²) >= 11 is 0. The Bertz CT molecular complexity index is 637. The highest BCUT2D eigenvalue weighted by Gasteiger charge is 2.40. The number of hydrogen-bond acceptors (Lipinski definition) is 3. The highest BCUT2D eigenvalue weighted by Crippen LogP contribution is 2.32. The highest BCUT2D eigenvalue weighted by molar-refractivity contribution is 7.85. The lowest BCUT2D eigenvalue weighted by atomic mass is 10.1. The van der Waals surface area contributed by atoms with Crippen LogP contribution in [0.3, 0.4) is 0 Å². The Morgan fingerprint density at radius 3 is 2.36 bits per heavy atom. The first kappa shape index (κ1) is 21.5. The second-order valence-electron chi connectivity index (χ2n) is 6.36. The van der Waals surface area contributed by atoms with E-state index in [1.165, 1.54) is 25.3 Å². The van der Waals surface area contributed by atoms with E-state index >= 15 is 0 Å². The molecule has 25 heavy (non-hydrogen) atoms. The predicted molar refractivity (Wildman–Crippen MR) is 93.9 cm³/mol. The van der Waals surface area contributed by atoms with Crippen molar-refractivity contribution in [1.29, 1.82) is 0 Å². The van der Waals surface area contributed by atoms with E-state index in [0.29, 0.717) is 12.4 Å². The summed E-state index contributed by atoms with van der Waals surface area (Å²) in [4.78, 5) is 0. The van der Waals surface area contributed by atoms with Crippen molar-refractivity contribution in [3.8, 4) is 11.5 Å². The average Bonchev–Trinajstić information content (AvgIpc) is 2.50. The van der Waals surface area contributed by atoms with Crippen LogP contribution in [0.15, 0.2) is 22.6 Å². The Kier molecular flexibility index (Phi) is 7.46. The number of nitrogens with zero attached hydrogens (tertiary/aromatic N) is 1. The molecule has 1 atom stereocenters. The van der Waals surface area contributed by atoms with E-state index in [1.807, 2.05) is 6.92 Å². The van der Waals surface area contributed by atoms with Crippen molar-refractivity contribution in [3.05, 3.63) is 23.8 Å². The standard InChI is InChI=1S/C17H24F3NO3S/c1-6-7-10-24-12-8-9-13(14(11-12)23-5)15(17(18,19)20)21-25(22)16(2,3)4/h8-9,11H,6-7,10H2,1-5H3/b21-15+/t25-/m0/s1. The molecule has 0 radical (unpaired) electrons. The fourth-order valence-electron chi connectivity index (χ4n) is 1.76. The Morgan fingerprint density at radius 2 is 1.88 bits per heavy atom. The van der Waals surface area contributed by atoms with Gasteiger partial charge in [-0.15, -0.1) is 0 Å². The number of ether oxygens (including phenoxy) is 2. The van der Waals surface area contributed by atoms with Crippen LogP contribution in [0.25, 0.3) is 0 Å². The molecule has 0 aliphatic rings. The molecule has 0 aliphatic heterocycles. The fourth-order valence-corrected chi connectivity index (χ4v) is 2.41. The summed E-state index contributed by atoms with van der Waals surface area (Å²) in [5, 5.41) is 0. The van der Waals surface area contributed by atoms with Gasteiger partial charge in [-0.25, -0.2) is 4.21 Å². The van der Waals surface area contributed by atoms with Crippen LogP contribution >= 0.6 is 0 Å². The van der Waals surface area contributed by atoms with Crippen LogP contribution in [0.4, 0.5) is 13.2 Å². The van der Waals surface area contributed by atoms with Gasteiger partial charge in [-0.05, 0) is 39.3 Å². The van der Waals surface area contributed by atoms with Crippen LogP contribution in [0.2, 0.25) is 0 Å². The lowest BCUT2D eigenvalue weighted by Crippen LogP contribution is -2.28. The van der Waals surface area contributed by atoms with Crippen molar-refractivity contribution in [3.63, 3.8) is 0 Å². The summed E-state index contributed by atoms with van der Waals surface area (Å²) in [6, 6.07) is 4.04. The number of hydrogen-bond donors (Lipinski definition) is 0. The number of alkyl halides is 3. The molecule has 8 heteroatoms. The van der Waals surface area contributed by atoms with Gasteiger partial charge in [0.15, 0.2) is 5.71 Å². The van der Waals surface area contributed by atoms with Gasteiger partial charge in [-0.2, -0.15) is 17.6 Å². The molecule has 0 bridgehead atoms. The SMILES string of the molecule is CCCCOc1ccc(/C(=N\[S@@](=O)C(C)(C)C)C(F)(F)F)c(OC)c1. The Labute approximate surface area is 149 Å². The molecular formula is C17H24F3NO3S. The molecule has 0 spiro atoms. The molecule has 0 heterocycles. The molecule has 0 fully saturated rings. The van der Waals surface area contributed by atoms with Gasteiger partial charge >= 0.3 is 6.18 Å². The van der Waals surface area contributed by atoms with Crippen molar-refractivity contribution in [2.24, 2.45) is 4.40 Å². The molecule has 1 rings (SSSR count). The Hall–Kier alpha value is -1.57.